The Bertz CT molecular complexity index is 619. The molecular formula is C14H13NO3S. The number of amides is 1. The van der Waals surface area contributed by atoms with Crippen molar-refractivity contribution in [2.24, 2.45) is 0 Å². The molecule has 1 aromatic heterocycles. The molecule has 1 amide bonds. The van der Waals surface area contributed by atoms with E-state index >= 15 is 0 Å². The van der Waals surface area contributed by atoms with Gasteiger partial charge in [0.15, 0.2) is 0 Å². The maximum absolute atomic E-state index is 12.0. The predicted octanol–water partition coefficient (Wildman–Crippen LogP) is 3.10. The molecule has 0 fully saturated rings. The monoisotopic (exact) mass is 275 g/mol. The Morgan fingerprint density at radius 2 is 2.05 bits per heavy atom. The number of rotatable bonds is 3. The van der Waals surface area contributed by atoms with Crippen LogP contribution in [-0.2, 0) is 4.74 Å². The van der Waals surface area contributed by atoms with Crippen LogP contribution in [-0.4, -0.2) is 19.0 Å². The van der Waals surface area contributed by atoms with Gasteiger partial charge in [0.05, 0.1) is 17.6 Å². The zero-order chi connectivity index (χ0) is 13.8. The summed E-state index contributed by atoms with van der Waals surface area (Å²) in [5.41, 5.74) is 2.03. The number of ether oxygens (including phenoxy) is 1. The lowest BCUT2D eigenvalue weighted by Gasteiger charge is -2.05. The minimum Gasteiger partial charge on any atom is -0.465 e. The molecule has 1 N–H and O–H groups in total. The third-order valence-corrected chi connectivity index (χ3v) is 3.54. The van der Waals surface area contributed by atoms with Gasteiger partial charge in [0.1, 0.15) is 0 Å². The summed E-state index contributed by atoms with van der Waals surface area (Å²) in [4.78, 5) is 24.0. The Kier molecular flexibility index (Phi) is 3.97. The molecule has 1 heterocycles. The van der Waals surface area contributed by atoms with Crippen LogP contribution in [0.5, 0.6) is 0 Å². The molecule has 0 aliphatic carbocycles. The Labute approximate surface area is 115 Å². The number of carbonyl (C=O) groups excluding carboxylic acids is 2. The van der Waals surface area contributed by atoms with Crippen molar-refractivity contribution >= 4 is 28.9 Å². The van der Waals surface area contributed by atoms with Gasteiger partial charge < -0.3 is 10.1 Å². The Morgan fingerprint density at radius 3 is 2.68 bits per heavy atom. The second-order valence-corrected chi connectivity index (χ2v) is 4.93. The largest absolute Gasteiger partial charge is 0.465 e. The fourth-order valence-corrected chi connectivity index (χ4v) is 2.38. The first-order chi connectivity index (χ1) is 9.10. The minimum atomic E-state index is -0.428. The van der Waals surface area contributed by atoms with Gasteiger partial charge in [-0.05, 0) is 42.1 Å². The van der Waals surface area contributed by atoms with Gasteiger partial charge in [-0.25, -0.2) is 4.79 Å². The van der Waals surface area contributed by atoms with Gasteiger partial charge in [0.2, 0.25) is 0 Å². The van der Waals surface area contributed by atoms with E-state index in [4.69, 9.17) is 0 Å². The van der Waals surface area contributed by atoms with Crippen LogP contribution in [0.15, 0.2) is 35.7 Å². The molecule has 0 saturated carbocycles. The first kappa shape index (κ1) is 13.3. The summed E-state index contributed by atoms with van der Waals surface area (Å²) in [5, 5.41) is 4.67. The van der Waals surface area contributed by atoms with E-state index in [-0.39, 0.29) is 5.91 Å². The molecule has 0 radical (unpaired) electrons. The highest BCUT2D eigenvalue weighted by Gasteiger charge is 2.10. The summed E-state index contributed by atoms with van der Waals surface area (Å²) in [6.07, 6.45) is 0. The molecule has 2 aromatic rings. The Balaban J connectivity index is 2.15. The Hall–Kier alpha value is -2.14. The average Bonchev–Trinajstić information content (AvgIpc) is 2.85. The molecule has 5 heteroatoms. The molecule has 0 unspecified atom stereocenters. The van der Waals surface area contributed by atoms with Crippen LogP contribution in [0.3, 0.4) is 0 Å². The predicted molar refractivity (Wildman–Crippen MR) is 74.8 cm³/mol. The van der Waals surface area contributed by atoms with E-state index in [1.165, 1.54) is 18.4 Å². The van der Waals surface area contributed by atoms with Crippen molar-refractivity contribution in [2.45, 2.75) is 6.92 Å². The third-order valence-electron chi connectivity index (χ3n) is 2.50. The molecule has 0 atom stereocenters. The van der Waals surface area contributed by atoms with Crippen molar-refractivity contribution in [3.05, 3.63) is 51.7 Å². The number of carbonyl (C=O) groups is 2. The van der Waals surface area contributed by atoms with Gasteiger partial charge in [0, 0.05) is 5.69 Å². The van der Waals surface area contributed by atoms with Gasteiger partial charge in [0.25, 0.3) is 5.91 Å². The van der Waals surface area contributed by atoms with E-state index in [0.29, 0.717) is 16.1 Å². The van der Waals surface area contributed by atoms with Gasteiger partial charge >= 0.3 is 5.97 Å². The van der Waals surface area contributed by atoms with Crippen molar-refractivity contribution in [2.75, 3.05) is 12.4 Å². The first-order valence-corrected chi connectivity index (χ1v) is 6.53. The van der Waals surface area contributed by atoms with Crippen LogP contribution >= 0.6 is 11.3 Å². The van der Waals surface area contributed by atoms with E-state index in [2.05, 4.69) is 10.1 Å². The van der Waals surface area contributed by atoms with Crippen LogP contribution in [0, 0.1) is 6.92 Å². The van der Waals surface area contributed by atoms with Gasteiger partial charge in [-0.1, -0.05) is 6.07 Å². The number of aryl methyl sites for hydroxylation is 1. The molecule has 1 aromatic carbocycles. The van der Waals surface area contributed by atoms with E-state index in [9.17, 15) is 9.59 Å². The molecule has 0 saturated heterocycles. The topological polar surface area (TPSA) is 55.4 Å². The van der Waals surface area contributed by atoms with Gasteiger partial charge in [-0.3, -0.25) is 4.79 Å². The van der Waals surface area contributed by atoms with Crippen molar-refractivity contribution in [1.29, 1.82) is 0 Å². The van der Waals surface area contributed by atoms with Gasteiger partial charge in [-0.2, -0.15) is 0 Å². The zero-order valence-corrected chi connectivity index (χ0v) is 11.4. The highest BCUT2D eigenvalue weighted by atomic mass is 32.1. The second kappa shape index (κ2) is 5.67. The lowest BCUT2D eigenvalue weighted by Crippen LogP contribution is -2.11. The van der Waals surface area contributed by atoms with E-state index in [1.54, 1.807) is 24.3 Å². The van der Waals surface area contributed by atoms with Crippen LogP contribution in [0.1, 0.15) is 25.6 Å². The summed E-state index contributed by atoms with van der Waals surface area (Å²) >= 11 is 1.39. The normalized spacial score (nSPS) is 10.0. The maximum Gasteiger partial charge on any atom is 0.337 e. The molecule has 0 aliphatic rings. The summed E-state index contributed by atoms with van der Waals surface area (Å²) in [6, 6.07) is 8.47. The summed E-state index contributed by atoms with van der Waals surface area (Å²) in [7, 11) is 1.32. The third kappa shape index (κ3) is 3.20. The van der Waals surface area contributed by atoms with E-state index in [1.807, 2.05) is 18.4 Å². The van der Waals surface area contributed by atoms with Crippen LogP contribution < -0.4 is 5.32 Å². The molecule has 2 rings (SSSR count). The molecule has 4 nitrogen and oxygen atoms in total. The van der Waals surface area contributed by atoms with Crippen molar-refractivity contribution in [1.82, 2.24) is 0 Å². The summed E-state index contributed by atoms with van der Waals surface area (Å²) in [5.74, 6) is -0.608. The highest BCUT2D eigenvalue weighted by molar-refractivity contribution is 7.12. The quantitative estimate of drug-likeness (QED) is 0.876. The van der Waals surface area contributed by atoms with Gasteiger partial charge in [-0.15, -0.1) is 11.3 Å². The first-order valence-electron chi connectivity index (χ1n) is 5.65. The number of esters is 1. The molecule has 19 heavy (non-hydrogen) atoms. The number of nitrogens with one attached hydrogen (secondary N) is 1. The number of hydrogen-bond acceptors (Lipinski definition) is 4. The van der Waals surface area contributed by atoms with Crippen LogP contribution in [0.2, 0.25) is 0 Å². The van der Waals surface area contributed by atoms with Crippen LogP contribution in [0.25, 0.3) is 0 Å². The summed E-state index contributed by atoms with van der Waals surface area (Å²) < 4.78 is 4.63. The number of anilines is 1. The second-order valence-electron chi connectivity index (χ2n) is 4.01. The number of methoxy groups -OCH3 is 1. The van der Waals surface area contributed by atoms with Crippen molar-refractivity contribution in [3.8, 4) is 0 Å². The Morgan fingerprint density at radius 1 is 1.26 bits per heavy atom. The SMILES string of the molecule is COC(=O)c1cccc(NC(=O)c2cc(C)cs2)c1. The zero-order valence-electron chi connectivity index (χ0n) is 10.6. The van der Waals surface area contributed by atoms with E-state index in [0.717, 1.165) is 5.56 Å². The summed E-state index contributed by atoms with van der Waals surface area (Å²) in [6.45, 7) is 1.94. The van der Waals surface area contributed by atoms with Crippen molar-refractivity contribution < 1.29 is 14.3 Å². The smallest absolute Gasteiger partial charge is 0.337 e. The fraction of sp³-hybridized carbons (Fsp3) is 0.143. The molecule has 0 spiro atoms. The number of benzene rings is 1. The highest BCUT2D eigenvalue weighted by Crippen LogP contribution is 2.17. The minimum absolute atomic E-state index is 0.180. The van der Waals surface area contributed by atoms with Crippen molar-refractivity contribution in [3.63, 3.8) is 0 Å². The lowest BCUT2D eigenvalue weighted by atomic mass is 10.2. The maximum atomic E-state index is 12.0. The number of hydrogen-bond donors (Lipinski definition) is 1. The molecule has 0 bridgehead atoms. The molecule has 98 valence electrons. The van der Waals surface area contributed by atoms with E-state index < -0.39 is 5.97 Å². The molecular weight excluding hydrogens is 262 g/mol. The number of thiophene rings is 1. The standard InChI is InChI=1S/C14H13NO3S/c1-9-6-12(19-8-9)13(16)15-11-5-3-4-10(7-11)14(17)18-2/h3-8H,1-2H3,(H,15,16). The average molecular weight is 275 g/mol. The molecule has 0 aliphatic heterocycles. The lowest BCUT2D eigenvalue weighted by molar-refractivity contribution is 0.0600. The fourth-order valence-electron chi connectivity index (χ4n) is 1.58. The van der Waals surface area contributed by atoms with Crippen LogP contribution in [0.4, 0.5) is 5.69 Å².